The number of carbonyl (C=O) groups excluding carboxylic acids is 1. The summed E-state index contributed by atoms with van der Waals surface area (Å²) in [4.78, 5) is 13.7. The van der Waals surface area contributed by atoms with Gasteiger partial charge in [-0.2, -0.15) is 0 Å². The average molecular weight is 210 g/mol. The van der Waals surface area contributed by atoms with Gasteiger partial charge in [-0.15, -0.1) is 11.3 Å². The molecule has 0 bridgehead atoms. The van der Waals surface area contributed by atoms with Crippen LogP contribution in [0.5, 0.6) is 0 Å². The van der Waals surface area contributed by atoms with Gasteiger partial charge in [-0.3, -0.25) is 0 Å². The van der Waals surface area contributed by atoms with Crippen LogP contribution < -0.4 is 0 Å². The van der Waals surface area contributed by atoms with Crippen molar-refractivity contribution in [2.45, 2.75) is 46.0 Å². The van der Waals surface area contributed by atoms with E-state index >= 15 is 0 Å². The number of carbonyl (C=O) groups is 1. The lowest BCUT2D eigenvalue weighted by Crippen LogP contribution is -1.95. The summed E-state index contributed by atoms with van der Waals surface area (Å²) in [5.74, 6) is 0.827. The number of hydrogen-bond acceptors (Lipinski definition) is 2. The van der Waals surface area contributed by atoms with Crippen LogP contribution in [0.15, 0.2) is 12.1 Å². The summed E-state index contributed by atoms with van der Waals surface area (Å²) in [7, 11) is 0. The summed E-state index contributed by atoms with van der Waals surface area (Å²) < 4.78 is 0. The minimum absolute atomic E-state index is 0.295. The van der Waals surface area contributed by atoms with Crippen LogP contribution in [0.25, 0.3) is 0 Å². The van der Waals surface area contributed by atoms with Gasteiger partial charge < -0.3 is 4.79 Å². The van der Waals surface area contributed by atoms with Crippen molar-refractivity contribution in [2.24, 2.45) is 0 Å². The van der Waals surface area contributed by atoms with E-state index in [2.05, 4.69) is 26.0 Å². The van der Waals surface area contributed by atoms with Gasteiger partial charge in [0.15, 0.2) is 0 Å². The van der Waals surface area contributed by atoms with Gasteiger partial charge in [0.05, 0.1) is 0 Å². The molecule has 0 aliphatic heterocycles. The summed E-state index contributed by atoms with van der Waals surface area (Å²) in [5.41, 5.74) is 0. The third-order valence-electron chi connectivity index (χ3n) is 2.45. The Labute approximate surface area is 90.2 Å². The van der Waals surface area contributed by atoms with Crippen molar-refractivity contribution in [1.82, 2.24) is 0 Å². The van der Waals surface area contributed by atoms with Crippen LogP contribution in [0.1, 0.15) is 49.3 Å². The molecule has 0 N–H and O–H groups in total. The molecular weight excluding hydrogens is 192 g/mol. The second-order valence-electron chi connectivity index (χ2n) is 3.80. The van der Waals surface area contributed by atoms with E-state index in [4.69, 9.17) is 0 Å². The van der Waals surface area contributed by atoms with Gasteiger partial charge in [-0.25, -0.2) is 0 Å². The monoisotopic (exact) mass is 210 g/mol. The quantitative estimate of drug-likeness (QED) is 0.722. The number of thiophene rings is 1. The first-order chi connectivity index (χ1) is 6.63. The highest BCUT2D eigenvalue weighted by molar-refractivity contribution is 7.12. The predicted molar refractivity (Wildman–Crippen MR) is 62.0 cm³/mol. The second kappa shape index (κ2) is 5.30. The normalized spacial score (nSPS) is 12.8. The summed E-state index contributed by atoms with van der Waals surface area (Å²) in [6.07, 6.45) is 2.81. The molecule has 78 valence electrons. The third-order valence-corrected chi connectivity index (χ3v) is 3.91. The lowest BCUT2D eigenvalue weighted by Gasteiger charge is -2.06. The number of ketones is 1. The number of hydrogen-bond donors (Lipinski definition) is 0. The summed E-state index contributed by atoms with van der Waals surface area (Å²) >= 11 is 1.88. The van der Waals surface area contributed by atoms with E-state index in [-0.39, 0.29) is 0 Å². The van der Waals surface area contributed by atoms with Crippen LogP contribution in [0.4, 0.5) is 0 Å². The van der Waals surface area contributed by atoms with Crippen molar-refractivity contribution in [2.75, 3.05) is 0 Å². The summed E-state index contributed by atoms with van der Waals surface area (Å²) in [6, 6.07) is 4.40. The van der Waals surface area contributed by atoms with Gasteiger partial charge in [0, 0.05) is 16.2 Å². The van der Waals surface area contributed by atoms with Crippen molar-refractivity contribution < 1.29 is 4.79 Å². The molecule has 0 amide bonds. The topological polar surface area (TPSA) is 17.1 Å². The SMILES string of the molecule is CCc1ccc(C(C)CCC(C)=O)s1. The van der Waals surface area contributed by atoms with Gasteiger partial charge in [0.2, 0.25) is 0 Å². The molecule has 1 nitrogen and oxygen atoms in total. The van der Waals surface area contributed by atoms with E-state index in [0.717, 1.165) is 12.8 Å². The molecule has 1 aromatic heterocycles. The van der Waals surface area contributed by atoms with Crippen LogP contribution in [0, 0.1) is 0 Å². The fourth-order valence-corrected chi connectivity index (χ4v) is 2.45. The summed E-state index contributed by atoms with van der Waals surface area (Å²) in [6.45, 7) is 6.04. The second-order valence-corrected chi connectivity index (χ2v) is 5.00. The molecule has 0 spiro atoms. The van der Waals surface area contributed by atoms with Crippen LogP contribution in [0.3, 0.4) is 0 Å². The Morgan fingerprint density at radius 3 is 2.71 bits per heavy atom. The lowest BCUT2D eigenvalue weighted by atomic mass is 10.0. The Kier molecular flexibility index (Phi) is 4.33. The van der Waals surface area contributed by atoms with E-state index in [1.54, 1.807) is 6.92 Å². The first-order valence-electron chi connectivity index (χ1n) is 5.21. The van der Waals surface area contributed by atoms with Gasteiger partial charge in [0.25, 0.3) is 0 Å². The van der Waals surface area contributed by atoms with E-state index in [1.807, 2.05) is 11.3 Å². The third kappa shape index (κ3) is 3.26. The molecule has 0 aromatic carbocycles. The van der Waals surface area contributed by atoms with Crippen molar-refractivity contribution >= 4 is 17.1 Å². The molecule has 0 radical (unpaired) electrons. The van der Waals surface area contributed by atoms with E-state index in [9.17, 15) is 4.79 Å². The molecule has 0 aliphatic rings. The van der Waals surface area contributed by atoms with Gasteiger partial charge in [0.1, 0.15) is 5.78 Å². The molecule has 1 rings (SSSR count). The molecule has 1 atom stereocenters. The van der Waals surface area contributed by atoms with Crippen molar-refractivity contribution in [3.63, 3.8) is 0 Å². The first kappa shape index (κ1) is 11.4. The zero-order valence-electron chi connectivity index (χ0n) is 9.17. The van der Waals surface area contributed by atoms with E-state index in [0.29, 0.717) is 18.1 Å². The highest BCUT2D eigenvalue weighted by Crippen LogP contribution is 2.28. The largest absolute Gasteiger partial charge is 0.300 e. The fraction of sp³-hybridized carbons (Fsp3) is 0.583. The summed E-state index contributed by atoms with van der Waals surface area (Å²) in [5, 5.41) is 0. The maximum atomic E-state index is 10.8. The van der Waals surface area contributed by atoms with Crippen LogP contribution in [0.2, 0.25) is 0 Å². The smallest absolute Gasteiger partial charge is 0.129 e. The van der Waals surface area contributed by atoms with Gasteiger partial charge >= 0.3 is 0 Å². The molecule has 0 fully saturated rings. The van der Waals surface area contributed by atoms with Crippen LogP contribution in [-0.4, -0.2) is 5.78 Å². The lowest BCUT2D eigenvalue weighted by molar-refractivity contribution is -0.117. The number of aryl methyl sites for hydroxylation is 1. The number of rotatable bonds is 5. The van der Waals surface area contributed by atoms with E-state index in [1.165, 1.54) is 9.75 Å². The number of Topliss-reactive ketones (excluding diaryl/α,β-unsaturated/α-hetero) is 1. The van der Waals surface area contributed by atoms with E-state index < -0.39 is 0 Å². The van der Waals surface area contributed by atoms with Gasteiger partial charge in [-0.1, -0.05) is 13.8 Å². The molecule has 1 aromatic rings. The predicted octanol–water partition coefficient (Wildman–Crippen LogP) is 3.78. The molecule has 0 aliphatic carbocycles. The zero-order chi connectivity index (χ0) is 10.6. The van der Waals surface area contributed by atoms with Crippen LogP contribution >= 0.6 is 11.3 Å². The first-order valence-corrected chi connectivity index (χ1v) is 6.03. The van der Waals surface area contributed by atoms with Crippen LogP contribution in [-0.2, 0) is 11.2 Å². The molecule has 1 unspecified atom stereocenters. The van der Waals surface area contributed by atoms with Crippen molar-refractivity contribution in [3.8, 4) is 0 Å². The maximum Gasteiger partial charge on any atom is 0.129 e. The Morgan fingerprint density at radius 2 is 2.21 bits per heavy atom. The molecular formula is C12H18OS. The van der Waals surface area contributed by atoms with Gasteiger partial charge in [-0.05, 0) is 37.8 Å². The molecule has 0 saturated carbocycles. The zero-order valence-corrected chi connectivity index (χ0v) is 9.99. The fourth-order valence-electron chi connectivity index (χ4n) is 1.41. The molecule has 14 heavy (non-hydrogen) atoms. The Bertz CT molecular complexity index is 301. The van der Waals surface area contributed by atoms with Crippen molar-refractivity contribution in [1.29, 1.82) is 0 Å². The Morgan fingerprint density at radius 1 is 1.50 bits per heavy atom. The molecule has 1 heterocycles. The molecule has 2 heteroatoms. The Hall–Kier alpha value is -0.630. The minimum atomic E-state index is 0.295. The van der Waals surface area contributed by atoms with Crippen molar-refractivity contribution in [3.05, 3.63) is 21.9 Å². The highest BCUT2D eigenvalue weighted by atomic mass is 32.1. The Balaban J connectivity index is 2.51. The highest BCUT2D eigenvalue weighted by Gasteiger charge is 2.08. The molecule has 0 saturated heterocycles. The standard InChI is InChI=1S/C12H18OS/c1-4-11-7-8-12(14-11)9(2)5-6-10(3)13/h7-9H,4-6H2,1-3H3. The average Bonchev–Trinajstić information content (AvgIpc) is 2.62. The minimum Gasteiger partial charge on any atom is -0.300 e. The maximum absolute atomic E-state index is 10.8.